The Morgan fingerprint density at radius 1 is 1.35 bits per heavy atom. The highest BCUT2D eigenvalue weighted by molar-refractivity contribution is 5.76. The molecular weight excluding hydrogens is 252 g/mol. The number of nitrogens with one attached hydrogen (secondary N) is 1. The normalized spacial score (nSPS) is 13.8. The second kappa shape index (κ2) is 9.50. The Kier molecular flexibility index (Phi) is 7.92. The molecule has 0 aliphatic carbocycles. The molecule has 0 fully saturated rings. The first-order valence-corrected chi connectivity index (χ1v) is 7.25. The van der Waals surface area contributed by atoms with Crippen molar-refractivity contribution >= 4 is 5.91 Å². The van der Waals surface area contributed by atoms with Gasteiger partial charge in [-0.1, -0.05) is 43.7 Å². The number of rotatable bonds is 9. The summed E-state index contributed by atoms with van der Waals surface area (Å²) >= 11 is 0. The second-order valence-corrected chi connectivity index (χ2v) is 5.04. The molecule has 0 spiro atoms. The summed E-state index contributed by atoms with van der Waals surface area (Å²) in [5.41, 5.74) is 6.78. The van der Waals surface area contributed by atoms with E-state index < -0.39 is 0 Å². The van der Waals surface area contributed by atoms with Gasteiger partial charge >= 0.3 is 0 Å². The summed E-state index contributed by atoms with van der Waals surface area (Å²) in [6.45, 7) is 2.49. The van der Waals surface area contributed by atoms with Gasteiger partial charge < -0.3 is 15.8 Å². The van der Waals surface area contributed by atoms with Gasteiger partial charge in [-0.2, -0.15) is 0 Å². The number of hydrogen-bond donors (Lipinski definition) is 2. The lowest BCUT2D eigenvalue weighted by molar-refractivity contribution is -0.124. The average Bonchev–Trinajstić information content (AvgIpc) is 2.46. The molecular formula is C16H26N2O2. The highest BCUT2D eigenvalue weighted by atomic mass is 16.5. The van der Waals surface area contributed by atoms with Crippen molar-refractivity contribution < 1.29 is 9.53 Å². The number of carbonyl (C=O) groups is 1. The van der Waals surface area contributed by atoms with Crippen molar-refractivity contribution in [3.63, 3.8) is 0 Å². The molecule has 0 radical (unpaired) electrons. The van der Waals surface area contributed by atoms with E-state index in [0.717, 1.165) is 19.3 Å². The van der Waals surface area contributed by atoms with Crippen LogP contribution in [0.25, 0.3) is 0 Å². The lowest BCUT2D eigenvalue weighted by Crippen LogP contribution is -2.39. The Morgan fingerprint density at radius 3 is 2.60 bits per heavy atom. The number of benzene rings is 1. The fourth-order valence-electron chi connectivity index (χ4n) is 2.23. The standard InChI is InChI=1S/C16H26N2O2/c1-3-7-14(10-13-8-5-4-6-9-13)18-16(19)11-15(12-17)20-2/h4-6,8-9,14-15H,3,7,10-12,17H2,1-2H3,(H,18,19). The molecule has 0 heterocycles. The summed E-state index contributed by atoms with van der Waals surface area (Å²) in [7, 11) is 1.58. The van der Waals surface area contributed by atoms with E-state index in [-0.39, 0.29) is 18.1 Å². The van der Waals surface area contributed by atoms with Crippen molar-refractivity contribution in [3.05, 3.63) is 35.9 Å². The van der Waals surface area contributed by atoms with Crippen LogP contribution in [-0.4, -0.2) is 31.7 Å². The maximum Gasteiger partial charge on any atom is 0.222 e. The lowest BCUT2D eigenvalue weighted by Gasteiger charge is -2.20. The summed E-state index contributed by atoms with van der Waals surface area (Å²) in [5, 5.41) is 3.09. The van der Waals surface area contributed by atoms with E-state index in [4.69, 9.17) is 10.5 Å². The van der Waals surface area contributed by atoms with Crippen molar-refractivity contribution in [2.24, 2.45) is 5.73 Å². The Hall–Kier alpha value is -1.39. The zero-order valence-electron chi connectivity index (χ0n) is 12.5. The van der Waals surface area contributed by atoms with Crippen molar-refractivity contribution in [3.8, 4) is 0 Å². The zero-order valence-corrected chi connectivity index (χ0v) is 12.5. The number of amides is 1. The summed E-state index contributed by atoms with van der Waals surface area (Å²) in [6, 6.07) is 10.4. The molecule has 4 nitrogen and oxygen atoms in total. The van der Waals surface area contributed by atoms with Gasteiger partial charge in [-0.3, -0.25) is 4.79 Å². The Balaban J connectivity index is 2.51. The first kappa shape index (κ1) is 16.7. The van der Waals surface area contributed by atoms with E-state index in [1.54, 1.807) is 7.11 Å². The third-order valence-corrected chi connectivity index (χ3v) is 3.34. The molecule has 2 unspecified atom stereocenters. The van der Waals surface area contributed by atoms with Crippen molar-refractivity contribution in [2.45, 2.75) is 44.8 Å². The average molecular weight is 278 g/mol. The third-order valence-electron chi connectivity index (χ3n) is 3.34. The molecule has 0 aromatic heterocycles. The quantitative estimate of drug-likeness (QED) is 0.725. The van der Waals surface area contributed by atoms with E-state index in [9.17, 15) is 4.79 Å². The smallest absolute Gasteiger partial charge is 0.222 e. The maximum absolute atomic E-state index is 12.0. The van der Waals surface area contributed by atoms with Gasteiger partial charge in [0.1, 0.15) is 0 Å². The molecule has 0 bridgehead atoms. The summed E-state index contributed by atoms with van der Waals surface area (Å²) in [6.07, 6.45) is 3.00. The molecule has 0 saturated heterocycles. The van der Waals surface area contributed by atoms with Gasteiger partial charge in [0.15, 0.2) is 0 Å². The predicted octanol–water partition coefficient (Wildman–Crippen LogP) is 1.88. The van der Waals surface area contributed by atoms with Crippen LogP contribution in [0.15, 0.2) is 30.3 Å². The van der Waals surface area contributed by atoms with Gasteiger partial charge in [-0.25, -0.2) is 0 Å². The van der Waals surface area contributed by atoms with Gasteiger partial charge in [0.2, 0.25) is 5.91 Å². The molecule has 112 valence electrons. The molecule has 3 N–H and O–H groups in total. The minimum atomic E-state index is -0.200. The van der Waals surface area contributed by atoms with E-state index in [2.05, 4.69) is 24.4 Å². The second-order valence-electron chi connectivity index (χ2n) is 5.04. The topological polar surface area (TPSA) is 64.4 Å². The van der Waals surface area contributed by atoms with Crippen LogP contribution >= 0.6 is 0 Å². The molecule has 0 saturated carbocycles. The lowest BCUT2D eigenvalue weighted by atomic mass is 10.0. The summed E-state index contributed by atoms with van der Waals surface area (Å²) in [5.74, 6) is 0.0108. The summed E-state index contributed by atoms with van der Waals surface area (Å²) in [4.78, 5) is 12.0. The van der Waals surface area contributed by atoms with Gasteiger partial charge in [-0.05, 0) is 18.4 Å². The largest absolute Gasteiger partial charge is 0.380 e. The van der Waals surface area contributed by atoms with Gasteiger partial charge in [0, 0.05) is 19.7 Å². The first-order valence-electron chi connectivity index (χ1n) is 7.25. The minimum Gasteiger partial charge on any atom is -0.380 e. The maximum atomic E-state index is 12.0. The van der Waals surface area contributed by atoms with Crippen LogP contribution in [0.1, 0.15) is 31.7 Å². The predicted molar refractivity (Wildman–Crippen MR) is 81.5 cm³/mol. The van der Waals surface area contributed by atoms with Gasteiger partial charge in [0.25, 0.3) is 0 Å². The Bertz CT molecular complexity index is 377. The van der Waals surface area contributed by atoms with Gasteiger partial charge in [0.05, 0.1) is 12.5 Å². The third kappa shape index (κ3) is 6.17. The van der Waals surface area contributed by atoms with E-state index in [1.807, 2.05) is 18.2 Å². The molecule has 1 aromatic rings. The number of carbonyl (C=O) groups excluding carboxylic acids is 1. The number of hydrogen-bond acceptors (Lipinski definition) is 3. The number of ether oxygens (including phenoxy) is 1. The first-order chi connectivity index (χ1) is 9.69. The van der Waals surface area contributed by atoms with Crippen LogP contribution in [-0.2, 0) is 16.0 Å². The minimum absolute atomic E-state index is 0.0108. The SMILES string of the molecule is CCCC(Cc1ccccc1)NC(=O)CC(CN)OC. The summed E-state index contributed by atoms with van der Waals surface area (Å²) < 4.78 is 5.14. The molecule has 0 aliphatic rings. The van der Waals surface area contributed by atoms with E-state index in [0.29, 0.717) is 13.0 Å². The highest BCUT2D eigenvalue weighted by Gasteiger charge is 2.16. The van der Waals surface area contributed by atoms with Crippen LogP contribution in [0.4, 0.5) is 0 Å². The monoisotopic (exact) mass is 278 g/mol. The molecule has 2 atom stereocenters. The van der Waals surface area contributed by atoms with Crippen molar-refractivity contribution in [1.82, 2.24) is 5.32 Å². The van der Waals surface area contributed by atoms with Crippen LogP contribution in [0.2, 0.25) is 0 Å². The van der Waals surface area contributed by atoms with Gasteiger partial charge in [-0.15, -0.1) is 0 Å². The zero-order chi connectivity index (χ0) is 14.8. The van der Waals surface area contributed by atoms with Crippen LogP contribution in [0, 0.1) is 0 Å². The van der Waals surface area contributed by atoms with Crippen molar-refractivity contribution in [1.29, 1.82) is 0 Å². The number of methoxy groups -OCH3 is 1. The fourth-order valence-corrected chi connectivity index (χ4v) is 2.23. The molecule has 20 heavy (non-hydrogen) atoms. The van der Waals surface area contributed by atoms with E-state index >= 15 is 0 Å². The molecule has 0 aliphatic heterocycles. The van der Waals surface area contributed by atoms with Crippen LogP contribution in [0.5, 0.6) is 0 Å². The van der Waals surface area contributed by atoms with E-state index in [1.165, 1.54) is 5.56 Å². The Labute approximate surface area is 121 Å². The molecule has 1 amide bonds. The molecule has 1 rings (SSSR count). The number of nitrogens with two attached hydrogens (primary N) is 1. The van der Waals surface area contributed by atoms with Crippen LogP contribution < -0.4 is 11.1 Å². The molecule has 1 aromatic carbocycles. The fraction of sp³-hybridized carbons (Fsp3) is 0.562. The van der Waals surface area contributed by atoms with Crippen LogP contribution in [0.3, 0.4) is 0 Å². The Morgan fingerprint density at radius 2 is 2.05 bits per heavy atom. The molecule has 4 heteroatoms. The van der Waals surface area contributed by atoms with Crippen molar-refractivity contribution in [2.75, 3.05) is 13.7 Å². The highest BCUT2D eigenvalue weighted by Crippen LogP contribution is 2.08.